The first-order valence-corrected chi connectivity index (χ1v) is 7.68. The molecule has 1 N–H and O–H groups in total. The summed E-state index contributed by atoms with van der Waals surface area (Å²) >= 11 is 0. The molecule has 1 fully saturated rings. The average molecular weight is 285 g/mol. The third kappa shape index (κ3) is 3.43. The van der Waals surface area contributed by atoms with E-state index < -0.39 is 0 Å². The second kappa shape index (κ2) is 7.24. The summed E-state index contributed by atoms with van der Waals surface area (Å²) < 4.78 is 0. The predicted molar refractivity (Wildman–Crippen MR) is 83.9 cm³/mol. The third-order valence-corrected chi connectivity index (χ3v) is 4.19. The van der Waals surface area contributed by atoms with Gasteiger partial charge in [-0.15, -0.1) is 0 Å². The molecule has 21 heavy (non-hydrogen) atoms. The Bertz CT molecular complexity index is 501. The van der Waals surface area contributed by atoms with Gasteiger partial charge in [-0.3, -0.25) is 4.79 Å². The van der Waals surface area contributed by atoms with Gasteiger partial charge in [-0.05, 0) is 31.5 Å². The Hall–Kier alpha value is -1.86. The van der Waals surface area contributed by atoms with Crippen LogP contribution >= 0.6 is 0 Å². The Morgan fingerprint density at radius 1 is 1.43 bits per heavy atom. The van der Waals surface area contributed by atoms with Gasteiger partial charge in [-0.25, -0.2) is 0 Å². The summed E-state index contributed by atoms with van der Waals surface area (Å²) in [6, 6.07) is 11.8. The van der Waals surface area contributed by atoms with Gasteiger partial charge in [-0.1, -0.05) is 31.5 Å². The molecular formula is C17H23N3O. The Balaban J connectivity index is 2.27. The number of carbonyl (C=O) groups is 1. The maximum Gasteiger partial charge on any atom is 0.234 e. The van der Waals surface area contributed by atoms with Crippen LogP contribution in [0.5, 0.6) is 0 Å². The molecule has 1 unspecified atom stereocenters. The first-order valence-electron chi connectivity index (χ1n) is 7.68. The minimum atomic E-state index is -0.306. The minimum absolute atomic E-state index is 0.163. The number of carbonyl (C=O) groups excluding carboxylic acids is 1. The normalized spacial score (nSPS) is 21.0. The van der Waals surface area contributed by atoms with Crippen LogP contribution in [0.4, 0.5) is 5.69 Å². The van der Waals surface area contributed by atoms with Crippen molar-refractivity contribution >= 4 is 11.6 Å². The van der Waals surface area contributed by atoms with Crippen LogP contribution in [0.1, 0.15) is 32.6 Å². The number of benzene rings is 1. The zero-order valence-corrected chi connectivity index (χ0v) is 12.6. The molecule has 4 heteroatoms. The van der Waals surface area contributed by atoms with E-state index >= 15 is 0 Å². The lowest BCUT2D eigenvalue weighted by atomic mass is 9.81. The molecule has 1 aromatic carbocycles. The smallest absolute Gasteiger partial charge is 0.234 e. The molecule has 0 bridgehead atoms. The molecule has 0 aliphatic carbocycles. The van der Waals surface area contributed by atoms with E-state index in [-0.39, 0.29) is 11.3 Å². The highest BCUT2D eigenvalue weighted by Crippen LogP contribution is 2.35. The summed E-state index contributed by atoms with van der Waals surface area (Å²) in [5.41, 5.74) is 0.583. The molecule has 0 saturated carbocycles. The van der Waals surface area contributed by atoms with Gasteiger partial charge in [0.2, 0.25) is 5.91 Å². The van der Waals surface area contributed by atoms with Crippen LogP contribution in [-0.4, -0.2) is 25.5 Å². The Kier molecular flexibility index (Phi) is 5.35. The molecule has 112 valence electrons. The fourth-order valence-corrected chi connectivity index (χ4v) is 3.13. The van der Waals surface area contributed by atoms with Crippen molar-refractivity contribution in [2.75, 3.05) is 24.5 Å². The van der Waals surface area contributed by atoms with Crippen LogP contribution in [0.15, 0.2) is 30.3 Å². The van der Waals surface area contributed by atoms with Gasteiger partial charge in [0, 0.05) is 18.8 Å². The molecule has 1 aliphatic rings. The van der Waals surface area contributed by atoms with Crippen LogP contribution in [0.25, 0.3) is 0 Å². The molecule has 4 nitrogen and oxygen atoms in total. The van der Waals surface area contributed by atoms with E-state index in [2.05, 4.69) is 18.3 Å². The first kappa shape index (κ1) is 15.5. The first-order chi connectivity index (χ1) is 10.2. The number of nitrogens with zero attached hydrogens (tertiary/aromatic N) is 2. The number of amides is 1. The highest BCUT2D eigenvalue weighted by Gasteiger charge is 2.42. The molecule has 0 spiro atoms. The van der Waals surface area contributed by atoms with Gasteiger partial charge < -0.3 is 10.2 Å². The largest absolute Gasteiger partial charge is 0.316 e. The van der Waals surface area contributed by atoms with Gasteiger partial charge in [-0.2, -0.15) is 5.26 Å². The standard InChI is InChI=1S/C17H23N3O/c1-2-9-17(10-12-19-14-17)16(21)20(13-6-11-18)15-7-4-3-5-8-15/h3-5,7-8,19H,2,6,9-10,12-14H2,1H3. The number of rotatable bonds is 6. The van der Waals surface area contributed by atoms with Crippen molar-refractivity contribution < 1.29 is 4.79 Å². The van der Waals surface area contributed by atoms with E-state index in [0.29, 0.717) is 13.0 Å². The van der Waals surface area contributed by atoms with Crippen molar-refractivity contribution in [2.24, 2.45) is 5.41 Å². The van der Waals surface area contributed by atoms with Gasteiger partial charge in [0.1, 0.15) is 0 Å². The topological polar surface area (TPSA) is 56.1 Å². The van der Waals surface area contributed by atoms with Crippen LogP contribution < -0.4 is 10.2 Å². The summed E-state index contributed by atoms with van der Waals surface area (Å²) in [5, 5.41) is 12.2. The van der Waals surface area contributed by atoms with E-state index in [9.17, 15) is 4.79 Å². The molecular weight excluding hydrogens is 262 g/mol. The molecule has 1 amide bonds. The number of hydrogen-bond donors (Lipinski definition) is 1. The molecule has 0 aromatic heterocycles. The summed E-state index contributed by atoms with van der Waals surface area (Å²) in [7, 11) is 0. The Morgan fingerprint density at radius 2 is 2.19 bits per heavy atom. The van der Waals surface area contributed by atoms with E-state index in [4.69, 9.17) is 5.26 Å². The van der Waals surface area contributed by atoms with Crippen LogP contribution in [0, 0.1) is 16.7 Å². The maximum absolute atomic E-state index is 13.1. The molecule has 1 heterocycles. The zero-order chi connectivity index (χ0) is 15.1. The highest BCUT2D eigenvalue weighted by atomic mass is 16.2. The molecule has 2 rings (SSSR count). The van der Waals surface area contributed by atoms with Gasteiger partial charge >= 0.3 is 0 Å². The Labute approximate surface area is 126 Å². The van der Waals surface area contributed by atoms with Gasteiger partial charge in [0.05, 0.1) is 17.9 Å². The number of nitriles is 1. The molecule has 1 aromatic rings. The second-order valence-electron chi connectivity index (χ2n) is 5.66. The van der Waals surface area contributed by atoms with E-state index in [1.165, 1.54) is 0 Å². The van der Waals surface area contributed by atoms with Crippen molar-refractivity contribution in [3.63, 3.8) is 0 Å². The van der Waals surface area contributed by atoms with Crippen molar-refractivity contribution in [3.05, 3.63) is 30.3 Å². The fourth-order valence-electron chi connectivity index (χ4n) is 3.13. The predicted octanol–water partition coefficient (Wildman–Crippen LogP) is 2.71. The number of hydrogen-bond acceptors (Lipinski definition) is 3. The van der Waals surface area contributed by atoms with Crippen molar-refractivity contribution in [3.8, 4) is 6.07 Å². The number of nitrogens with one attached hydrogen (secondary N) is 1. The van der Waals surface area contributed by atoms with Crippen molar-refractivity contribution in [1.29, 1.82) is 5.26 Å². The lowest BCUT2D eigenvalue weighted by Gasteiger charge is -2.33. The average Bonchev–Trinajstić information content (AvgIpc) is 2.99. The van der Waals surface area contributed by atoms with Crippen LogP contribution in [0.3, 0.4) is 0 Å². The van der Waals surface area contributed by atoms with E-state index in [0.717, 1.165) is 38.0 Å². The lowest BCUT2D eigenvalue weighted by molar-refractivity contribution is -0.127. The van der Waals surface area contributed by atoms with Gasteiger partial charge in [0.25, 0.3) is 0 Å². The highest BCUT2D eigenvalue weighted by molar-refractivity contribution is 5.98. The summed E-state index contributed by atoms with van der Waals surface area (Å²) in [4.78, 5) is 14.9. The summed E-state index contributed by atoms with van der Waals surface area (Å²) in [5.74, 6) is 0.163. The molecule has 1 saturated heterocycles. The van der Waals surface area contributed by atoms with Gasteiger partial charge in [0.15, 0.2) is 0 Å². The number of anilines is 1. The monoisotopic (exact) mass is 285 g/mol. The summed E-state index contributed by atoms with van der Waals surface area (Å²) in [6.07, 6.45) is 3.13. The van der Waals surface area contributed by atoms with Crippen molar-refractivity contribution in [1.82, 2.24) is 5.32 Å². The minimum Gasteiger partial charge on any atom is -0.316 e. The molecule has 1 atom stereocenters. The lowest BCUT2D eigenvalue weighted by Crippen LogP contribution is -2.46. The van der Waals surface area contributed by atoms with E-state index in [1.54, 1.807) is 4.90 Å². The maximum atomic E-state index is 13.1. The van der Waals surface area contributed by atoms with Crippen LogP contribution in [-0.2, 0) is 4.79 Å². The Morgan fingerprint density at radius 3 is 2.76 bits per heavy atom. The quantitative estimate of drug-likeness (QED) is 0.874. The fraction of sp³-hybridized carbons (Fsp3) is 0.529. The van der Waals surface area contributed by atoms with E-state index in [1.807, 2.05) is 30.3 Å². The SMILES string of the molecule is CCCC1(C(=O)N(CCC#N)c2ccccc2)CCNC1. The zero-order valence-electron chi connectivity index (χ0n) is 12.6. The molecule has 1 aliphatic heterocycles. The third-order valence-electron chi connectivity index (χ3n) is 4.19. The molecule has 0 radical (unpaired) electrons. The van der Waals surface area contributed by atoms with Crippen LogP contribution in [0.2, 0.25) is 0 Å². The number of para-hydroxylation sites is 1. The summed E-state index contributed by atoms with van der Waals surface area (Å²) in [6.45, 7) is 4.22. The second-order valence-corrected chi connectivity index (χ2v) is 5.66. The van der Waals surface area contributed by atoms with Crippen molar-refractivity contribution in [2.45, 2.75) is 32.6 Å².